The lowest BCUT2D eigenvalue weighted by Crippen LogP contribution is -2.15. The van der Waals surface area contributed by atoms with Crippen LogP contribution < -0.4 is 5.32 Å². The van der Waals surface area contributed by atoms with Crippen molar-refractivity contribution in [3.05, 3.63) is 53.6 Å². The minimum Gasteiger partial charge on any atom is -0.356 e. The third-order valence-corrected chi connectivity index (χ3v) is 3.24. The van der Waals surface area contributed by atoms with E-state index >= 15 is 0 Å². The number of alkyl halides is 3. The number of pyridine rings is 1. The maximum atomic E-state index is 12.6. The van der Waals surface area contributed by atoms with Crippen molar-refractivity contribution >= 4 is 5.82 Å². The van der Waals surface area contributed by atoms with Crippen molar-refractivity contribution in [1.82, 2.24) is 24.9 Å². The van der Waals surface area contributed by atoms with E-state index in [0.29, 0.717) is 11.7 Å². The van der Waals surface area contributed by atoms with E-state index in [2.05, 4.69) is 25.5 Å². The number of hydrogen-bond acceptors (Lipinski definition) is 6. The number of aryl methyl sites for hydroxylation is 2. The lowest BCUT2D eigenvalue weighted by Gasteiger charge is -2.15. The van der Waals surface area contributed by atoms with Crippen molar-refractivity contribution in [1.29, 1.82) is 0 Å². The molecule has 1 N–H and O–H groups in total. The number of aromatic nitrogens is 5. The molecule has 0 fully saturated rings. The molecular weight excluding hydrogens is 325 g/mol. The molecule has 7 nitrogen and oxygen atoms in total. The molecule has 0 aliphatic rings. The fourth-order valence-electron chi connectivity index (χ4n) is 2.11. The van der Waals surface area contributed by atoms with Crippen LogP contribution in [0.3, 0.4) is 0 Å². The standard InChI is InChI=1S/C14H13F3N6O/c1-8-20-13(22-24-8)12(9-5-19-23(2)7-9)21-11-4-3-10(6-18-11)14(15,16)17/h3-7,12H,1-2H3,(H,18,21). The van der Waals surface area contributed by atoms with E-state index in [-0.39, 0.29) is 5.82 Å². The van der Waals surface area contributed by atoms with E-state index < -0.39 is 17.8 Å². The minimum atomic E-state index is -4.43. The van der Waals surface area contributed by atoms with Crippen LogP contribution in [0.25, 0.3) is 0 Å². The van der Waals surface area contributed by atoms with Gasteiger partial charge in [-0.25, -0.2) is 4.98 Å². The van der Waals surface area contributed by atoms with Gasteiger partial charge in [-0.2, -0.15) is 23.3 Å². The summed E-state index contributed by atoms with van der Waals surface area (Å²) in [5.41, 5.74) is -0.0959. The number of rotatable bonds is 4. The number of nitrogens with zero attached hydrogens (tertiary/aromatic N) is 5. The summed E-state index contributed by atoms with van der Waals surface area (Å²) in [7, 11) is 1.75. The van der Waals surface area contributed by atoms with Gasteiger partial charge in [-0.1, -0.05) is 5.16 Å². The predicted octanol–water partition coefficient (Wildman–Crippen LogP) is 2.73. The second-order valence-electron chi connectivity index (χ2n) is 5.13. The molecule has 1 unspecified atom stereocenters. The fourth-order valence-corrected chi connectivity index (χ4v) is 2.11. The highest BCUT2D eigenvalue weighted by molar-refractivity contribution is 5.41. The third kappa shape index (κ3) is 3.36. The molecular formula is C14H13F3N6O. The second kappa shape index (κ2) is 5.95. The van der Waals surface area contributed by atoms with E-state index in [9.17, 15) is 13.2 Å². The molecule has 126 valence electrons. The van der Waals surface area contributed by atoms with Gasteiger partial charge in [0, 0.05) is 31.9 Å². The Kier molecular flexibility index (Phi) is 3.96. The van der Waals surface area contributed by atoms with E-state index in [4.69, 9.17) is 4.52 Å². The van der Waals surface area contributed by atoms with E-state index in [1.54, 1.807) is 31.0 Å². The molecule has 0 saturated carbocycles. The predicted molar refractivity (Wildman–Crippen MR) is 76.9 cm³/mol. The summed E-state index contributed by atoms with van der Waals surface area (Å²) in [4.78, 5) is 7.97. The van der Waals surface area contributed by atoms with Crippen molar-refractivity contribution in [2.24, 2.45) is 7.05 Å². The average Bonchev–Trinajstić information content (AvgIpc) is 3.13. The Morgan fingerprint density at radius 2 is 2.04 bits per heavy atom. The summed E-state index contributed by atoms with van der Waals surface area (Å²) in [6.45, 7) is 1.65. The van der Waals surface area contributed by atoms with Crippen LogP contribution in [-0.2, 0) is 13.2 Å². The summed E-state index contributed by atoms with van der Waals surface area (Å²) in [5.74, 6) is 0.961. The van der Waals surface area contributed by atoms with Crippen LogP contribution in [0.15, 0.2) is 35.2 Å². The topological polar surface area (TPSA) is 81.7 Å². The molecule has 0 bridgehead atoms. The highest BCUT2D eigenvalue weighted by Crippen LogP contribution is 2.30. The van der Waals surface area contributed by atoms with E-state index in [1.807, 2.05) is 0 Å². The molecule has 0 aliphatic heterocycles. The van der Waals surface area contributed by atoms with Crippen molar-refractivity contribution in [2.75, 3.05) is 5.32 Å². The molecule has 3 aromatic heterocycles. The van der Waals surface area contributed by atoms with Crippen molar-refractivity contribution in [3.63, 3.8) is 0 Å². The van der Waals surface area contributed by atoms with Crippen LogP contribution in [0.5, 0.6) is 0 Å². The monoisotopic (exact) mass is 338 g/mol. The Bertz CT molecular complexity index is 783. The van der Waals surface area contributed by atoms with Crippen LogP contribution in [0, 0.1) is 6.92 Å². The summed E-state index contributed by atoms with van der Waals surface area (Å²) in [6.07, 6.45) is -0.315. The molecule has 3 rings (SSSR count). The van der Waals surface area contributed by atoms with Gasteiger partial charge in [-0.3, -0.25) is 4.68 Å². The fraction of sp³-hybridized carbons (Fsp3) is 0.286. The SMILES string of the molecule is Cc1nc(C(Nc2ccc(C(F)(F)F)cn2)c2cnn(C)c2)no1. The third-order valence-electron chi connectivity index (χ3n) is 3.24. The first-order chi connectivity index (χ1) is 11.3. The van der Waals surface area contributed by atoms with Crippen LogP contribution in [0.2, 0.25) is 0 Å². The first-order valence-electron chi connectivity index (χ1n) is 6.91. The van der Waals surface area contributed by atoms with Gasteiger partial charge in [-0.15, -0.1) is 0 Å². The van der Waals surface area contributed by atoms with Crippen LogP contribution in [-0.4, -0.2) is 24.9 Å². The Labute approximate surface area is 134 Å². The largest absolute Gasteiger partial charge is 0.417 e. The minimum absolute atomic E-state index is 0.249. The molecule has 0 radical (unpaired) electrons. The summed E-state index contributed by atoms with van der Waals surface area (Å²) in [5, 5.41) is 10.9. The lowest BCUT2D eigenvalue weighted by atomic mass is 10.1. The zero-order valence-electron chi connectivity index (χ0n) is 12.7. The molecule has 10 heteroatoms. The maximum Gasteiger partial charge on any atom is 0.417 e. The highest BCUT2D eigenvalue weighted by atomic mass is 19.4. The second-order valence-corrected chi connectivity index (χ2v) is 5.13. The molecule has 0 aliphatic carbocycles. The summed E-state index contributed by atoms with van der Waals surface area (Å²) < 4.78 is 44.4. The average molecular weight is 338 g/mol. The van der Waals surface area contributed by atoms with Gasteiger partial charge in [0.15, 0.2) is 5.82 Å². The first kappa shape index (κ1) is 16.0. The van der Waals surface area contributed by atoms with Crippen LogP contribution >= 0.6 is 0 Å². The van der Waals surface area contributed by atoms with Crippen molar-refractivity contribution < 1.29 is 17.7 Å². The van der Waals surface area contributed by atoms with Crippen molar-refractivity contribution in [2.45, 2.75) is 19.1 Å². The summed E-state index contributed by atoms with van der Waals surface area (Å²) >= 11 is 0. The molecule has 24 heavy (non-hydrogen) atoms. The first-order valence-corrected chi connectivity index (χ1v) is 6.91. The van der Waals surface area contributed by atoms with Crippen LogP contribution in [0.1, 0.15) is 28.9 Å². The molecule has 0 amide bonds. The quantitative estimate of drug-likeness (QED) is 0.788. The van der Waals surface area contributed by atoms with Gasteiger partial charge in [0.1, 0.15) is 11.9 Å². The molecule has 0 saturated heterocycles. The smallest absolute Gasteiger partial charge is 0.356 e. The van der Waals surface area contributed by atoms with Gasteiger partial charge >= 0.3 is 6.18 Å². The maximum absolute atomic E-state index is 12.6. The van der Waals surface area contributed by atoms with Crippen molar-refractivity contribution in [3.8, 4) is 0 Å². The number of anilines is 1. The lowest BCUT2D eigenvalue weighted by molar-refractivity contribution is -0.137. The zero-order valence-corrected chi connectivity index (χ0v) is 12.7. The van der Waals surface area contributed by atoms with E-state index in [1.165, 1.54) is 6.07 Å². The Morgan fingerprint density at radius 1 is 1.25 bits per heavy atom. The van der Waals surface area contributed by atoms with Crippen LogP contribution in [0.4, 0.5) is 19.0 Å². The molecule has 0 aromatic carbocycles. The number of nitrogens with one attached hydrogen (secondary N) is 1. The van der Waals surface area contributed by atoms with Gasteiger partial charge in [0.05, 0.1) is 11.8 Å². The molecule has 0 spiro atoms. The van der Waals surface area contributed by atoms with Gasteiger partial charge in [-0.05, 0) is 12.1 Å². The Hall–Kier alpha value is -2.91. The Balaban J connectivity index is 1.89. The van der Waals surface area contributed by atoms with Gasteiger partial charge in [0.2, 0.25) is 5.89 Å². The highest BCUT2D eigenvalue weighted by Gasteiger charge is 2.31. The molecule has 3 aromatic rings. The zero-order chi connectivity index (χ0) is 17.3. The van der Waals surface area contributed by atoms with Gasteiger partial charge < -0.3 is 9.84 Å². The molecule has 3 heterocycles. The van der Waals surface area contributed by atoms with Gasteiger partial charge in [0.25, 0.3) is 0 Å². The Morgan fingerprint density at radius 3 is 2.54 bits per heavy atom. The summed E-state index contributed by atoms with van der Waals surface area (Å²) in [6, 6.07) is 1.65. The normalized spacial score (nSPS) is 13.0. The van der Waals surface area contributed by atoms with E-state index in [0.717, 1.165) is 17.8 Å². The number of halogens is 3. The molecule has 1 atom stereocenters. The number of hydrogen-bond donors (Lipinski definition) is 1.